The minimum atomic E-state index is -0.278. The number of imidazole rings is 1. The van der Waals surface area contributed by atoms with E-state index >= 15 is 0 Å². The Hall–Kier alpha value is -3.22. The van der Waals surface area contributed by atoms with Crippen molar-refractivity contribution in [2.24, 2.45) is 5.92 Å². The Kier molecular flexibility index (Phi) is 3.68. The van der Waals surface area contributed by atoms with Gasteiger partial charge in [-0.25, -0.2) is 9.97 Å². The number of pyridine rings is 1. The summed E-state index contributed by atoms with van der Waals surface area (Å²) >= 11 is 0. The first-order chi connectivity index (χ1) is 12.2. The van der Waals surface area contributed by atoms with Crippen molar-refractivity contribution < 1.29 is 14.3 Å². The number of carbonyl (C=O) groups excluding carboxylic acids is 2. The molecule has 3 aromatic rings. The smallest absolute Gasteiger partial charge is 0.312 e. The molecule has 7 heteroatoms. The first kappa shape index (κ1) is 15.3. The number of para-hydroxylation sites is 1. The second-order valence-corrected chi connectivity index (χ2v) is 5.95. The Morgan fingerprint density at radius 1 is 1.16 bits per heavy atom. The molecule has 25 heavy (non-hydrogen) atoms. The van der Waals surface area contributed by atoms with Gasteiger partial charge in [0.05, 0.1) is 18.6 Å². The van der Waals surface area contributed by atoms with Crippen molar-refractivity contribution in [3.05, 3.63) is 54.5 Å². The van der Waals surface area contributed by atoms with Gasteiger partial charge in [0.1, 0.15) is 11.8 Å². The molecule has 0 aliphatic carbocycles. The van der Waals surface area contributed by atoms with Crippen molar-refractivity contribution in [3.8, 4) is 5.69 Å². The van der Waals surface area contributed by atoms with Crippen LogP contribution in [0.1, 0.15) is 10.4 Å². The van der Waals surface area contributed by atoms with E-state index in [9.17, 15) is 9.59 Å². The number of rotatable bonds is 3. The molecule has 3 heterocycles. The average molecular weight is 336 g/mol. The molecule has 0 N–H and O–H groups in total. The molecule has 1 aromatic carbocycles. The zero-order valence-electron chi connectivity index (χ0n) is 13.6. The third kappa shape index (κ3) is 2.63. The Balaban J connectivity index is 1.57. The van der Waals surface area contributed by atoms with Crippen LogP contribution >= 0.6 is 0 Å². The van der Waals surface area contributed by atoms with Crippen molar-refractivity contribution in [3.63, 3.8) is 0 Å². The van der Waals surface area contributed by atoms with Gasteiger partial charge in [0.25, 0.3) is 5.91 Å². The predicted molar refractivity (Wildman–Crippen MR) is 90.3 cm³/mol. The normalized spacial score (nSPS) is 14.4. The van der Waals surface area contributed by atoms with Crippen LogP contribution in [-0.4, -0.2) is 51.5 Å². The van der Waals surface area contributed by atoms with Crippen LogP contribution in [0.25, 0.3) is 16.9 Å². The molecular formula is C18H16N4O3. The van der Waals surface area contributed by atoms with Crippen LogP contribution < -0.4 is 0 Å². The van der Waals surface area contributed by atoms with E-state index in [2.05, 4.69) is 14.7 Å². The quantitative estimate of drug-likeness (QED) is 0.680. The van der Waals surface area contributed by atoms with Crippen molar-refractivity contribution >= 4 is 23.0 Å². The van der Waals surface area contributed by atoms with Crippen LogP contribution in [0.15, 0.2) is 48.9 Å². The maximum atomic E-state index is 12.5. The highest BCUT2D eigenvalue weighted by Crippen LogP contribution is 2.22. The molecule has 1 saturated heterocycles. The summed E-state index contributed by atoms with van der Waals surface area (Å²) in [6, 6.07) is 11.5. The van der Waals surface area contributed by atoms with Crippen LogP contribution in [0.4, 0.5) is 0 Å². The predicted octanol–water partition coefficient (Wildman–Crippen LogP) is 1.67. The summed E-state index contributed by atoms with van der Waals surface area (Å²) < 4.78 is 6.56. The van der Waals surface area contributed by atoms with Crippen molar-refractivity contribution in [2.45, 2.75) is 0 Å². The molecule has 0 bridgehead atoms. The van der Waals surface area contributed by atoms with Crippen molar-refractivity contribution in [2.75, 3.05) is 20.2 Å². The van der Waals surface area contributed by atoms with E-state index in [-0.39, 0.29) is 17.8 Å². The highest BCUT2D eigenvalue weighted by molar-refractivity contribution is 5.97. The molecule has 2 aromatic heterocycles. The molecule has 7 nitrogen and oxygen atoms in total. The molecule has 4 rings (SSSR count). The summed E-state index contributed by atoms with van der Waals surface area (Å²) in [7, 11) is 1.35. The Bertz CT molecular complexity index is 945. The summed E-state index contributed by atoms with van der Waals surface area (Å²) in [4.78, 5) is 34.3. The topological polar surface area (TPSA) is 77.3 Å². The maximum Gasteiger partial charge on any atom is 0.312 e. The molecule has 0 atom stereocenters. The van der Waals surface area contributed by atoms with E-state index in [1.807, 2.05) is 34.9 Å². The Morgan fingerprint density at radius 2 is 1.92 bits per heavy atom. The number of amides is 1. The second-order valence-electron chi connectivity index (χ2n) is 5.95. The maximum absolute atomic E-state index is 12.5. The number of benzene rings is 1. The summed E-state index contributed by atoms with van der Waals surface area (Å²) in [5.41, 5.74) is 2.77. The average Bonchev–Trinajstić information content (AvgIpc) is 3.04. The van der Waals surface area contributed by atoms with Crippen LogP contribution in [0.3, 0.4) is 0 Å². The minimum Gasteiger partial charge on any atom is -0.469 e. The molecule has 0 unspecified atom stereocenters. The van der Waals surface area contributed by atoms with Crippen LogP contribution in [0.2, 0.25) is 0 Å². The molecule has 1 amide bonds. The van der Waals surface area contributed by atoms with Crippen molar-refractivity contribution in [1.29, 1.82) is 0 Å². The summed E-state index contributed by atoms with van der Waals surface area (Å²) in [6.45, 7) is 0.754. The van der Waals surface area contributed by atoms with E-state index in [4.69, 9.17) is 0 Å². The van der Waals surface area contributed by atoms with Crippen LogP contribution in [0, 0.1) is 5.92 Å². The van der Waals surface area contributed by atoms with Gasteiger partial charge < -0.3 is 9.64 Å². The van der Waals surface area contributed by atoms with Gasteiger partial charge in [-0.3, -0.25) is 14.2 Å². The van der Waals surface area contributed by atoms with Gasteiger partial charge in [0.2, 0.25) is 0 Å². The lowest BCUT2D eigenvalue weighted by Crippen LogP contribution is -2.53. The highest BCUT2D eigenvalue weighted by Gasteiger charge is 2.36. The summed E-state index contributed by atoms with van der Waals surface area (Å²) in [6.07, 6.45) is 3.25. The van der Waals surface area contributed by atoms with Gasteiger partial charge in [0.15, 0.2) is 5.65 Å². The number of ether oxygens (including phenoxy) is 1. The van der Waals surface area contributed by atoms with Gasteiger partial charge in [-0.05, 0) is 18.2 Å². The van der Waals surface area contributed by atoms with Crippen molar-refractivity contribution in [1.82, 2.24) is 19.4 Å². The standard InChI is InChI=1S/C18H16N4O3/c1-25-18(24)13-9-21(10-13)17(23)12-7-15-16(19-8-12)22(11-20-15)14-5-3-2-4-6-14/h2-8,11,13H,9-10H2,1H3. The van der Waals surface area contributed by atoms with E-state index < -0.39 is 0 Å². The zero-order chi connectivity index (χ0) is 17.4. The minimum absolute atomic E-state index is 0.149. The number of likely N-dealkylation sites (tertiary alicyclic amines) is 1. The third-order valence-corrected chi connectivity index (χ3v) is 4.37. The number of hydrogen-bond donors (Lipinski definition) is 0. The first-order valence-corrected chi connectivity index (χ1v) is 7.93. The van der Waals surface area contributed by atoms with E-state index in [1.54, 1.807) is 23.5 Å². The fourth-order valence-corrected chi connectivity index (χ4v) is 2.94. The number of esters is 1. The second kappa shape index (κ2) is 6.01. The SMILES string of the molecule is COC(=O)C1CN(C(=O)c2cnc3c(c2)ncn3-c2ccccc2)C1. The van der Waals surface area contributed by atoms with Gasteiger partial charge in [0, 0.05) is 25.0 Å². The van der Waals surface area contributed by atoms with E-state index in [0.717, 1.165) is 5.69 Å². The van der Waals surface area contributed by atoms with Gasteiger partial charge in [-0.15, -0.1) is 0 Å². The van der Waals surface area contributed by atoms with E-state index in [0.29, 0.717) is 29.8 Å². The van der Waals surface area contributed by atoms with Gasteiger partial charge >= 0.3 is 5.97 Å². The molecule has 0 spiro atoms. The summed E-state index contributed by atoms with van der Waals surface area (Å²) in [5.74, 6) is -0.661. The third-order valence-electron chi connectivity index (χ3n) is 4.37. The molecular weight excluding hydrogens is 320 g/mol. The number of methoxy groups -OCH3 is 1. The lowest BCUT2D eigenvalue weighted by molar-refractivity contribution is -0.149. The Labute approximate surface area is 143 Å². The number of aromatic nitrogens is 3. The zero-order valence-corrected chi connectivity index (χ0v) is 13.6. The fraction of sp³-hybridized carbons (Fsp3) is 0.222. The number of nitrogens with zero attached hydrogens (tertiary/aromatic N) is 4. The van der Waals surface area contributed by atoms with Gasteiger partial charge in [-0.2, -0.15) is 0 Å². The molecule has 1 fully saturated rings. The fourth-order valence-electron chi connectivity index (χ4n) is 2.94. The number of fused-ring (bicyclic) bond motifs is 1. The highest BCUT2D eigenvalue weighted by atomic mass is 16.5. The summed E-state index contributed by atoms with van der Waals surface area (Å²) in [5, 5.41) is 0. The molecule has 1 aliphatic heterocycles. The van der Waals surface area contributed by atoms with Crippen LogP contribution in [0.5, 0.6) is 0 Å². The molecule has 1 aliphatic rings. The number of hydrogen-bond acceptors (Lipinski definition) is 5. The first-order valence-electron chi connectivity index (χ1n) is 7.93. The van der Waals surface area contributed by atoms with Crippen LogP contribution in [-0.2, 0) is 9.53 Å². The van der Waals surface area contributed by atoms with Gasteiger partial charge in [-0.1, -0.05) is 18.2 Å². The molecule has 0 radical (unpaired) electrons. The Morgan fingerprint density at radius 3 is 2.64 bits per heavy atom. The number of carbonyl (C=O) groups is 2. The lowest BCUT2D eigenvalue weighted by atomic mass is 9.99. The monoisotopic (exact) mass is 336 g/mol. The molecule has 126 valence electrons. The largest absolute Gasteiger partial charge is 0.469 e. The van der Waals surface area contributed by atoms with E-state index in [1.165, 1.54) is 7.11 Å². The molecule has 0 saturated carbocycles. The lowest BCUT2D eigenvalue weighted by Gasteiger charge is -2.37.